The number of rotatable bonds is 6. The molecule has 0 saturated carbocycles. The molecule has 1 saturated heterocycles. The summed E-state index contributed by atoms with van der Waals surface area (Å²) in [5, 5.41) is 5.16. The Morgan fingerprint density at radius 1 is 1.29 bits per heavy atom. The van der Waals surface area contributed by atoms with Gasteiger partial charge in [-0.25, -0.2) is 4.79 Å². The number of carbonyl (C=O) groups is 1. The summed E-state index contributed by atoms with van der Waals surface area (Å²) in [7, 11) is 1.61. The molecule has 1 N–H and O–H groups in total. The summed E-state index contributed by atoms with van der Waals surface area (Å²) < 4.78 is 16.6. The average Bonchev–Trinajstić information content (AvgIpc) is 3.09. The first-order valence-corrected chi connectivity index (χ1v) is 8.89. The normalized spacial score (nSPS) is 15.0. The van der Waals surface area contributed by atoms with E-state index in [0.29, 0.717) is 10.6 Å². The van der Waals surface area contributed by atoms with Gasteiger partial charge in [0.15, 0.2) is 4.88 Å². The third-order valence-electron chi connectivity index (χ3n) is 3.90. The standard InChI is InChI=1S/C18H21NO4S/c1-21-15-4-2-3-13(11-15)12-22-18(20)17-16(7-10-24-17)23-14-5-8-19-9-6-14/h2-4,7,10-11,14,19H,5-6,8-9,12H2,1H3. The molecule has 128 valence electrons. The molecule has 0 aliphatic carbocycles. The summed E-state index contributed by atoms with van der Waals surface area (Å²) in [6.07, 6.45) is 2.06. The molecule has 0 spiro atoms. The molecule has 5 nitrogen and oxygen atoms in total. The van der Waals surface area contributed by atoms with E-state index in [4.69, 9.17) is 14.2 Å². The van der Waals surface area contributed by atoms with E-state index in [1.807, 2.05) is 35.7 Å². The number of carbonyl (C=O) groups excluding carboxylic acids is 1. The highest BCUT2D eigenvalue weighted by Crippen LogP contribution is 2.28. The number of hydrogen-bond donors (Lipinski definition) is 1. The number of nitrogens with one attached hydrogen (secondary N) is 1. The van der Waals surface area contributed by atoms with Crippen LogP contribution in [0.3, 0.4) is 0 Å². The molecule has 0 unspecified atom stereocenters. The molecule has 1 fully saturated rings. The van der Waals surface area contributed by atoms with Crippen molar-refractivity contribution in [2.45, 2.75) is 25.6 Å². The van der Waals surface area contributed by atoms with Crippen molar-refractivity contribution in [1.82, 2.24) is 5.32 Å². The first-order valence-electron chi connectivity index (χ1n) is 8.01. The van der Waals surface area contributed by atoms with Crippen LogP contribution in [-0.2, 0) is 11.3 Å². The van der Waals surface area contributed by atoms with Crippen molar-refractivity contribution in [2.24, 2.45) is 0 Å². The van der Waals surface area contributed by atoms with Crippen molar-refractivity contribution < 1.29 is 19.0 Å². The Balaban J connectivity index is 1.59. The Kier molecular flexibility index (Phi) is 5.72. The van der Waals surface area contributed by atoms with E-state index in [1.54, 1.807) is 7.11 Å². The minimum absolute atomic E-state index is 0.158. The Hall–Kier alpha value is -2.05. The highest BCUT2D eigenvalue weighted by molar-refractivity contribution is 7.12. The molecule has 2 aromatic rings. The molecule has 0 radical (unpaired) electrons. The Morgan fingerprint density at radius 3 is 2.92 bits per heavy atom. The van der Waals surface area contributed by atoms with Crippen LogP contribution in [0.1, 0.15) is 28.1 Å². The molecule has 0 atom stereocenters. The minimum atomic E-state index is -0.350. The van der Waals surface area contributed by atoms with Crippen LogP contribution >= 0.6 is 11.3 Å². The lowest BCUT2D eigenvalue weighted by Crippen LogP contribution is -2.34. The molecule has 1 aromatic carbocycles. The molecule has 3 rings (SSSR count). The Labute approximate surface area is 145 Å². The molecule has 2 heterocycles. The molecule has 24 heavy (non-hydrogen) atoms. The van der Waals surface area contributed by atoms with Crippen molar-refractivity contribution in [3.05, 3.63) is 46.2 Å². The van der Waals surface area contributed by atoms with Gasteiger partial charge in [-0.1, -0.05) is 12.1 Å². The third kappa shape index (κ3) is 4.27. The van der Waals surface area contributed by atoms with Crippen molar-refractivity contribution in [3.8, 4) is 11.5 Å². The SMILES string of the molecule is COc1cccc(COC(=O)c2sccc2OC2CCNCC2)c1. The maximum atomic E-state index is 12.4. The topological polar surface area (TPSA) is 56.8 Å². The van der Waals surface area contributed by atoms with Crippen LogP contribution < -0.4 is 14.8 Å². The second-order valence-corrected chi connectivity index (χ2v) is 6.52. The Morgan fingerprint density at radius 2 is 2.12 bits per heavy atom. The van der Waals surface area contributed by atoms with Gasteiger partial charge in [0.25, 0.3) is 0 Å². The van der Waals surface area contributed by atoms with Crippen molar-refractivity contribution in [2.75, 3.05) is 20.2 Å². The number of ether oxygens (including phenoxy) is 3. The lowest BCUT2D eigenvalue weighted by molar-refractivity contribution is 0.0470. The summed E-state index contributed by atoms with van der Waals surface area (Å²) in [6.45, 7) is 2.11. The Bertz CT molecular complexity index is 679. The van der Waals surface area contributed by atoms with E-state index in [-0.39, 0.29) is 18.7 Å². The number of piperidine rings is 1. The van der Waals surface area contributed by atoms with Crippen molar-refractivity contribution in [3.63, 3.8) is 0 Å². The van der Waals surface area contributed by atoms with Gasteiger partial charge in [-0.15, -0.1) is 11.3 Å². The van der Waals surface area contributed by atoms with Gasteiger partial charge in [-0.3, -0.25) is 0 Å². The molecule has 0 amide bonds. The smallest absolute Gasteiger partial charge is 0.352 e. The molecule has 1 aliphatic heterocycles. The zero-order valence-electron chi connectivity index (χ0n) is 13.6. The maximum absolute atomic E-state index is 12.4. The van der Waals surface area contributed by atoms with E-state index in [9.17, 15) is 4.79 Å². The summed E-state index contributed by atoms with van der Waals surface area (Å²) >= 11 is 1.35. The molecular formula is C18H21NO4S. The summed E-state index contributed by atoms with van der Waals surface area (Å²) in [6, 6.07) is 9.33. The largest absolute Gasteiger partial charge is 0.497 e. The van der Waals surface area contributed by atoms with Gasteiger partial charge < -0.3 is 19.5 Å². The maximum Gasteiger partial charge on any atom is 0.352 e. The van der Waals surface area contributed by atoms with Crippen LogP contribution in [0.25, 0.3) is 0 Å². The van der Waals surface area contributed by atoms with Crippen LogP contribution in [0.15, 0.2) is 35.7 Å². The predicted molar refractivity (Wildman–Crippen MR) is 93.0 cm³/mol. The molecular weight excluding hydrogens is 326 g/mol. The second kappa shape index (κ2) is 8.17. The van der Waals surface area contributed by atoms with Crippen LogP contribution in [0.4, 0.5) is 0 Å². The van der Waals surface area contributed by atoms with Gasteiger partial charge in [0.1, 0.15) is 24.2 Å². The monoisotopic (exact) mass is 347 g/mol. The lowest BCUT2D eigenvalue weighted by Gasteiger charge is -2.23. The van der Waals surface area contributed by atoms with Gasteiger partial charge in [-0.2, -0.15) is 0 Å². The fourth-order valence-corrected chi connectivity index (χ4v) is 3.32. The fraction of sp³-hybridized carbons (Fsp3) is 0.389. The van der Waals surface area contributed by atoms with E-state index >= 15 is 0 Å². The fourth-order valence-electron chi connectivity index (χ4n) is 2.61. The van der Waals surface area contributed by atoms with Crippen molar-refractivity contribution >= 4 is 17.3 Å². The summed E-state index contributed by atoms with van der Waals surface area (Å²) in [5.41, 5.74) is 0.889. The van der Waals surface area contributed by atoms with Gasteiger partial charge in [-0.05, 0) is 55.1 Å². The highest BCUT2D eigenvalue weighted by Gasteiger charge is 2.21. The first kappa shape index (κ1) is 16.8. The van der Waals surface area contributed by atoms with E-state index in [2.05, 4.69) is 5.32 Å². The first-order chi connectivity index (χ1) is 11.8. The van der Waals surface area contributed by atoms with E-state index < -0.39 is 0 Å². The summed E-state index contributed by atoms with van der Waals surface area (Å²) in [4.78, 5) is 12.9. The van der Waals surface area contributed by atoms with E-state index in [1.165, 1.54) is 11.3 Å². The quantitative estimate of drug-likeness (QED) is 0.813. The van der Waals surface area contributed by atoms with Crippen molar-refractivity contribution in [1.29, 1.82) is 0 Å². The van der Waals surface area contributed by atoms with Crippen LogP contribution in [0, 0.1) is 0 Å². The number of methoxy groups -OCH3 is 1. The lowest BCUT2D eigenvalue weighted by atomic mass is 10.1. The molecule has 6 heteroatoms. The van der Waals surface area contributed by atoms with Gasteiger partial charge in [0.2, 0.25) is 0 Å². The van der Waals surface area contributed by atoms with Gasteiger partial charge >= 0.3 is 5.97 Å². The number of esters is 1. The molecule has 0 bridgehead atoms. The van der Waals surface area contributed by atoms with Crippen LogP contribution in [0.2, 0.25) is 0 Å². The summed E-state index contributed by atoms with van der Waals surface area (Å²) in [5.74, 6) is 1.02. The zero-order chi connectivity index (χ0) is 16.8. The minimum Gasteiger partial charge on any atom is -0.497 e. The second-order valence-electron chi connectivity index (χ2n) is 5.61. The van der Waals surface area contributed by atoms with Crippen LogP contribution in [-0.4, -0.2) is 32.3 Å². The van der Waals surface area contributed by atoms with Gasteiger partial charge in [0, 0.05) is 0 Å². The zero-order valence-corrected chi connectivity index (χ0v) is 14.4. The third-order valence-corrected chi connectivity index (χ3v) is 4.77. The number of thiophene rings is 1. The van der Waals surface area contributed by atoms with E-state index in [0.717, 1.165) is 37.2 Å². The highest BCUT2D eigenvalue weighted by atomic mass is 32.1. The van der Waals surface area contributed by atoms with Gasteiger partial charge in [0.05, 0.1) is 7.11 Å². The molecule has 1 aliphatic rings. The predicted octanol–water partition coefficient (Wildman–Crippen LogP) is 3.24. The number of benzene rings is 1. The van der Waals surface area contributed by atoms with Crippen LogP contribution in [0.5, 0.6) is 11.5 Å². The average molecular weight is 347 g/mol. The molecule has 1 aromatic heterocycles. The number of hydrogen-bond acceptors (Lipinski definition) is 6.